The summed E-state index contributed by atoms with van der Waals surface area (Å²) in [5, 5.41) is 0.236. The van der Waals surface area contributed by atoms with Crippen LogP contribution in [-0.2, 0) is 6.54 Å². The fourth-order valence-electron chi connectivity index (χ4n) is 1.68. The van der Waals surface area contributed by atoms with Crippen LogP contribution in [0.15, 0.2) is 34.9 Å². The summed E-state index contributed by atoms with van der Waals surface area (Å²) in [6.45, 7) is 0.718. The molecule has 0 aliphatic rings. The third-order valence-corrected chi connectivity index (χ3v) is 3.38. The molecule has 19 heavy (non-hydrogen) atoms. The molecule has 0 radical (unpaired) electrons. The lowest BCUT2D eigenvalue weighted by Gasteiger charge is -2.19. The Bertz CT molecular complexity index is 562. The Morgan fingerprint density at radius 1 is 1.32 bits per heavy atom. The zero-order chi connectivity index (χ0) is 13.8. The first kappa shape index (κ1) is 14.1. The average molecular weight is 343 g/mol. The molecule has 0 fully saturated rings. The number of rotatable bonds is 4. The zero-order valence-electron chi connectivity index (χ0n) is 10.6. The lowest BCUT2D eigenvalue weighted by molar-refractivity contribution is 0.414. The number of methoxy groups -OCH3 is 1. The minimum absolute atomic E-state index is 0.236. The van der Waals surface area contributed by atoms with Crippen LogP contribution in [0, 0.1) is 0 Å². The van der Waals surface area contributed by atoms with E-state index in [9.17, 15) is 0 Å². The van der Waals surface area contributed by atoms with Crippen molar-refractivity contribution in [1.29, 1.82) is 0 Å². The molecule has 0 spiro atoms. The predicted octanol–water partition coefficient (Wildman–Crippen LogP) is 3.54. The summed E-state index contributed by atoms with van der Waals surface area (Å²) < 4.78 is 5.95. The molecular weight excluding hydrogens is 330 g/mol. The maximum Gasteiger partial charge on any atom is 0.224 e. The molecule has 6 heteroatoms. The highest BCUT2D eigenvalue weighted by molar-refractivity contribution is 9.10. The van der Waals surface area contributed by atoms with Crippen molar-refractivity contribution in [2.45, 2.75) is 6.54 Å². The van der Waals surface area contributed by atoms with Crippen LogP contribution >= 0.6 is 27.5 Å². The second-order valence-electron chi connectivity index (χ2n) is 4.01. The highest BCUT2D eigenvalue weighted by Crippen LogP contribution is 2.24. The first-order valence-electron chi connectivity index (χ1n) is 5.62. The van der Waals surface area contributed by atoms with E-state index < -0.39 is 0 Å². The molecule has 0 aliphatic heterocycles. The summed E-state index contributed by atoms with van der Waals surface area (Å²) >= 11 is 9.24. The molecule has 1 aromatic heterocycles. The number of hydrogen-bond donors (Lipinski definition) is 0. The van der Waals surface area contributed by atoms with Gasteiger partial charge >= 0.3 is 0 Å². The molecule has 0 saturated heterocycles. The fourth-order valence-corrected chi connectivity index (χ4v) is 2.31. The van der Waals surface area contributed by atoms with Crippen molar-refractivity contribution in [3.63, 3.8) is 0 Å². The lowest BCUT2D eigenvalue weighted by Crippen LogP contribution is -2.18. The second kappa shape index (κ2) is 6.21. The maximum absolute atomic E-state index is 5.82. The van der Waals surface area contributed by atoms with Gasteiger partial charge in [-0.15, -0.1) is 0 Å². The Labute approximate surface area is 125 Å². The van der Waals surface area contributed by atoms with Crippen LogP contribution in [0.1, 0.15) is 5.56 Å². The SMILES string of the molecule is COc1ccc(CN(C)c2nc(Cl)ncc2Br)cc1. The summed E-state index contributed by atoms with van der Waals surface area (Å²) in [6, 6.07) is 7.91. The third-order valence-electron chi connectivity index (χ3n) is 2.64. The Kier molecular flexibility index (Phi) is 4.61. The minimum atomic E-state index is 0.236. The summed E-state index contributed by atoms with van der Waals surface area (Å²) in [5.74, 6) is 1.61. The van der Waals surface area contributed by atoms with Gasteiger partial charge in [0.15, 0.2) is 0 Å². The third kappa shape index (κ3) is 3.58. The van der Waals surface area contributed by atoms with Crippen LogP contribution in [-0.4, -0.2) is 24.1 Å². The molecular formula is C13H13BrClN3O. The number of ether oxygens (including phenoxy) is 1. The van der Waals surface area contributed by atoms with Crippen molar-refractivity contribution in [3.8, 4) is 5.75 Å². The van der Waals surface area contributed by atoms with E-state index in [-0.39, 0.29) is 5.28 Å². The maximum atomic E-state index is 5.82. The van der Waals surface area contributed by atoms with Crippen molar-refractivity contribution in [2.24, 2.45) is 0 Å². The van der Waals surface area contributed by atoms with Gasteiger partial charge in [-0.2, -0.15) is 4.98 Å². The number of hydrogen-bond acceptors (Lipinski definition) is 4. The van der Waals surface area contributed by atoms with Gasteiger partial charge < -0.3 is 9.64 Å². The van der Waals surface area contributed by atoms with Gasteiger partial charge in [0.25, 0.3) is 0 Å². The summed E-state index contributed by atoms with van der Waals surface area (Å²) in [4.78, 5) is 10.1. The zero-order valence-corrected chi connectivity index (χ0v) is 12.9. The van der Waals surface area contributed by atoms with E-state index in [1.807, 2.05) is 36.2 Å². The predicted molar refractivity (Wildman–Crippen MR) is 79.8 cm³/mol. The molecule has 2 aromatic rings. The lowest BCUT2D eigenvalue weighted by atomic mass is 10.2. The standard InChI is InChI=1S/C13H13BrClN3O/c1-18(12-11(14)7-16-13(15)17-12)8-9-3-5-10(19-2)6-4-9/h3-7H,8H2,1-2H3. The molecule has 100 valence electrons. The molecule has 0 unspecified atom stereocenters. The number of halogens is 2. The number of aromatic nitrogens is 2. The van der Waals surface area contributed by atoms with Crippen molar-refractivity contribution in [2.75, 3.05) is 19.1 Å². The Morgan fingerprint density at radius 3 is 2.63 bits per heavy atom. The minimum Gasteiger partial charge on any atom is -0.497 e. The van der Waals surface area contributed by atoms with E-state index in [2.05, 4.69) is 25.9 Å². The second-order valence-corrected chi connectivity index (χ2v) is 5.21. The van der Waals surface area contributed by atoms with Crippen LogP contribution < -0.4 is 9.64 Å². The quantitative estimate of drug-likeness (QED) is 0.797. The van der Waals surface area contributed by atoms with Crippen molar-refractivity contribution < 1.29 is 4.74 Å². The van der Waals surface area contributed by atoms with Crippen molar-refractivity contribution in [1.82, 2.24) is 9.97 Å². The van der Waals surface area contributed by atoms with Gasteiger partial charge in [-0.25, -0.2) is 4.98 Å². The van der Waals surface area contributed by atoms with Gasteiger partial charge in [0.2, 0.25) is 5.28 Å². The van der Waals surface area contributed by atoms with Crippen LogP contribution in [0.5, 0.6) is 5.75 Å². The van der Waals surface area contributed by atoms with Gasteiger partial charge in [-0.1, -0.05) is 12.1 Å². The molecule has 0 aliphatic carbocycles. The summed E-state index contributed by atoms with van der Waals surface area (Å²) in [6.07, 6.45) is 1.65. The Morgan fingerprint density at radius 2 is 2.00 bits per heavy atom. The highest BCUT2D eigenvalue weighted by Gasteiger charge is 2.09. The molecule has 0 amide bonds. The van der Waals surface area contributed by atoms with Gasteiger partial charge in [0, 0.05) is 19.8 Å². The van der Waals surface area contributed by atoms with E-state index in [0.717, 1.165) is 28.1 Å². The fraction of sp³-hybridized carbons (Fsp3) is 0.231. The van der Waals surface area contributed by atoms with Gasteiger partial charge in [-0.05, 0) is 45.2 Å². The average Bonchev–Trinajstić information content (AvgIpc) is 2.42. The first-order chi connectivity index (χ1) is 9.10. The number of nitrogens with zero attached hydrogens (tertiary/aromatic N) is 3. The van der Waals surface area contributed by atoms with E-state index in [1.165, 1.54) is 0 Å². The van der Waals surface area contributed by atoms with E-state index in [1.54, 1.807) is 13.3 Å². The highest BCUT2D eigenvalue weighted by atomic mass is 79.9. The summed E-state index contributed by atoms with van der Waals surface area (Å²) in [7, 11) is 3.61. The smallest absolute Gasteiger partial charge is 0.224 e. The Balaban J connectivity index is 2.15. The molecule has 0 bridgehead atoms. The molecule has 4 nitrogen and oxygen atoms in total. The molecule has 0 atom stereocenters. The Hall–Kier alpha value is -1.33. The van der Waals surface area contributed by atoms with Crippen molar-refractivity contribution in [3.05, 3.63) is 45.8 Å². The van der Waals surface area contributed by atoms with Crippen molar-refractivity contribution >= 4 is 33.3 Å². The van der Waals surface area contributed by atoms with E-state index in [4.69, 9.17) is 16.3 Å². The molecule has 2 rings (SSSR count). The van der Waals surface area contributed by atoms with Gasteiger partial charge in [-0.3, -0.25) is 0 Å². The van der Waals surface area contributed by atoms with Gasteiger partial charge in [0.1, 0.15) is 11.6 Å². The first-order valence-corrected chi connectivity index (χ1v) is 6.79. The molecule has 0 saturated carbocycles. The summed E-state index contributed by atoms with van der Waals surface area (Å²) in [5.41, 5.74) is 1.16. The van der Waals surface area contributed by atoms with E-state index >= 15 is 0 Å². The largest absolute Gasteiger partial charge is 0.497 e. The van der Waals surface area contributed by atoms with Crippen LogP contribution in [0.25, 0.3) is 0 Å². The molecule has 0 N–H and O–H groups in total. The monoisotopic (exact) mass is 341 g/mol. The van der Waals surface area contributed by atoms with Crippen LogP contribution in [0.4, 0.5) is 5.82 Å². The molecule has 1 heterocycles. The topological polar surface area (TPSA) is 38.2 Å². The van der Waals surface area contributed by atoms with Gasteiger partial charge in [0.05, 0.1) is 11.6 Å². The van der Waals surface area contributed by atoms with Crippen LogP contribution in [0.2, 0.25) is 5.28 Å². The molecule has 1 aromatic carbocycles. The normalized spacial score (nSPS) is 10.3. The number of anilines is 1. The van der Waals surface area contributed by atoms with E-state index in [0.29, 0.717) is 0 Å². The van der Waals surface area contributed by atoms with Crippen LogP contribution in [0.3, 0.4) is 0 Å². The number of benzene rings is 1.